The third-order valence-corrected chi connectivity index (χ3v) is 2.70. The Morgan fingerprint density at radius 2 is 1.79 bits per heavy atom. The van der Waals surface area contributed by atoms with Gasteiger partial charge < -0.3 is 21.7 Å². The van der Waals surface area contributed by atoms with Crippen molar-refractivity contribution in [3.8, 4) is 0 Å². The lowest BCUT2D eigenvalue weighted by molar-refractivity contribution is -0.128. The first-order valence-electron chi connectivity index (χ1n) is 5.98. The standard InChI is InChI=1S/C13H20N4O2/c1-13(2,11(18)15-3)8-16-12(19)17-10-6-4-9(14)5-7-10/h4-7H,8,14H2,1-3H3,(H,15,18)(H2,16,17,19). The molecule has 104 valence electrons. The van der Waals surface area contributed by atoms with Crippen LogP contribution in [0.25, 0.3) is 0 Å². The minimum Gasteiger partial charge on any atom is -0.399 e. The average Bonchev–Trinajstić information content (AvgIpc) is 2.38. The fourth-order valence-corrected chi connectivity index (χ4v) is 1.46. The monoisotopic (exact) mass is 264 g/mol. The zero-order chi connectivity index (χ0) is 14.5. The van der Waals surface area contributed by atoms with Crippen molar-refractivity contribution in [1.29, 1.82) is 0 Å². The van der Waals surface area contributed by atoms with E-state index >= 15 is 0 Å². The summed E-state index contributed by atoms with van der Waals surface area (Å²) in [5, 5.41) is 7.88. The molecule has 0 aromatic heterocycles. The highest BCUT2D eigenvalue weighted by atomic mass is 16.2. The van der Waals surface area contributed by atoms with Crippen LogP contribution in [0.4, 0.5) is 16.2 Å². The second-order valence-corrected chi connectivity index (χ2v) is 4.89. The molecule has 1 aromatic rings. The summed E-state index contributed by atoms with van der Waals surface area (Å²) < 4.78 is 0. The first-order valence-corrected chi connectivity index (χ1v) is 5.98. The molecule has 0 saturated heterocycles. The lowest BCUT2D eigenvalue weighted by atomic mass is 9.92. The highest BCUT2D eigenvalue weighted by Crippen LogP contribution is 2.14. The second kappa shape index (κ2) is 6.08. The molecule has 19 heavy (non-hydrogen) atoms. The molecule has 6 heteroatoms. The highest BCUT2D eigenvalue weighted by molar-refractivity contribution is 5.90. The summed E-state index contributed by atoms with van der Waals surface area (Å²) in [7, 11) is 1.57. The van der Waals surface area contributed by atoms with Crippen molar-refractivity contribution in [2.45, 2.75) is 13.8 Å². The zero-order valence-corrected chi connectivity index (χ0v) is 11.4. The maximum atomic E-state index is 11.7. The molecule has 6 nitrogen and oxygen atoms in total. The highest BCUT2D eigenvalue weighted by Gasteiger charge is 2.26. The third-order valence-electron chi connectivity index (χ3n) is 2.70. The fraction of sp³-hybridized carbons (Fsp3) is 0.385. The van der Waals surface area contributed by atoms with E-state index in [1.807, 2.05) is 0 Å². The summed E-state index contributed by atoms with van der Waals surface area (Å²) in [6, 6.07) is 6.45. The van der Waals surface area contributed by atoms with Gasteiger partial charge in [0.05, 0.1) is 5.41 Å². The minimum atomic E-state index is -0.660. The molecule has 1 aromatic carbocycles. The number of amides is 3. The molecule has 0 aliphatic heterocycles. The number of nitrogens with one attached hydrogen (secondary N) is 3. The first kappa shape index (κ1) is 14.8. The molecule has 0 bridgehead atoms. The Hall–Kier alpha value is -2.24. The Labute approximate surface area is 112 Å². The van der Waals surface area contributed by atoms with Gasteiger partial charge in [0.2, 0.25) is 5.91 Å². The van der Waals surface area contributed by atoms with E-state index in [4.69, 9.17) is 5.73 Å². The molecule has 0 atom stereocenters. The lowest BCUT2D eigenvalue weighted by Crippen LogP contribution is -2.44. The molecular weight excluding hydrogens is 244 g/mol. The number of carbonyl (C=O) groups excluding carboxylic acids is 2. The Kier molecular flexibility index (Phi) is 4.74. The van der Waals surface area contributed by atoms with E-state index in [2.05, 4.69) is 16.0 Å². The maximum Gasteiger partial charge on any atom is 0.319 e. The number of anilines is 2. The van der Waals surface area contributed by atoms with E-state index in [1.54, 1.807) is 45.2 Å². The number of hydrogen-bond acceptors (Lipinski definition) is 3. The van der Waals surface area contributed by atoms with Gasteiger partial charge in [0, 0.05) is 25.0 Å². The van der Waals surface area contributed by atoms with Crippen molar-refractivity contribution in [3.63, 3.8) is 0 Å². The van der Waals surface area contributed by atoms with Gasteiger partial charge in [-0.15, -0.1) is 0 Å². The van der Waals surface area contributed by atoms with Crippen molar-refractivity contribution in [2.24, 2.45) is 5.41 Å². The van der Waals surface area contributed by atoms with Crippen molar-refractivity contribution in [3.05, 3.63) is 24.3 Å². The van der Waals surface area contributed by atoms with E-state index in [0.29, 0.717) is 11.4 Å². The second-order valence-electron chi connectivity index (χ2n) is 4.89. The Bertz CT molecular complexity index is 454. The van der Waals surface area contributed by atoms with Gasteiger partial charge in [-0.1, -0.05) is 0 Å². The predicted octanol–water partition coefficient (Wildman–Crippen LogP) is 1.16. The zero-order valence-electron chi connectivity index (χ0n) is 11.4. The molecule has 0 radical (unpaired) electrons. The first-order chi connectivity index (χ1) is 8.85. The van der Waals surface area contributed by atoms with Gasteiger partial charge in [-0.3, -0.25) is 4.79 Å². The van der Waals surface area contributed by atoms with Crippen LogP contribution < -0.4 is 21.7 Å². The normalized spacial score (nSPS) is 10.7. The largest absolute Gasteiger partial charge is 0.399 e. The molecular formula is C13H20N4O2. The summed E-state index contributed by atoms with van der Waals surface area (Å²) in [5.41, 5.74) is 6.16. The number of urea groups is 1. The summed E-state index contributed by atoms with van der Waals surface area (Å²) in [5.74, 6) is -0.125. The van der Waals surface area contributed by atoms with Crippen molar-refractivity contribution < 1.29 is 9.59 Å². The van der Waals surface area contributed by atoms with Gasteiger partial charge in [-0.25, -0.2) is 4.79 Å². The molecule has 3 amide bonds. The van der Waals surface area contributed by atoms with Gasteiger partial charge in [0.1, 0.15) is 0 Å². The van der Waals surface area contributed by atoms with Crippen LogP contribution in [0.15, 0.2) is 24.3 Å². The third kappa shape index (κ3) is 4.50. The van der Waals surface area contributed by atoms with Gasteiger partial charge in [-0.05, 0) is 38.1 Å². The molecule has 0 heterocycles. The predicted molar refractivity (Wildman–Crippen MR) is 75.7 cm³/mol. The Morgan fingerprint density at radius 1 is 1.21 bits per heavy atom. The number of benzene rings is 1. The number of carbonyl (C=O) groups is 2. The molecule has 0 spiro atoms. The molecule has 0 saturated carbocycles. The summed E-state index contributed by atoms with van der Waals surface area (Å²) in [4.78, 5) is 23.2. The van der Waals surface area contributed by atoms with Gasteiger partial charge >= 0.3 is 6.03 Å². The summed E-state index contributed by atoms with van der Waals surface area (Å²) in [6.07, 6.45) is 0. The molecule has 0 aliphatic carbocycles. The molecule has 0 fully saturated rings. The maximum absolute atomic E-state index is 11.7. The Morgan fingerprint density at radius 3 is 2.32 bits per heavy atom. The smallest absolute Gasteiger partial charge is 0.319 e. The van der Waals surface area contributed by atoms with E-state index < -0.39 is 5.41 Å². The van der Waals surface area contributed by atoms with Crippen LogP contribution in [0.1, 0.15) is 13.8 Å². The van der Waals surface area contributed by atoms with Gasteiger partial charge in [0.15, 0.2) is 0 Å². The van der Waals surface area contributed by atoms with Crippen molar-refractivity contribution in [1.82, 2.24) is 10.6 Å². The van der Waals surface area contributed by atoms with E-state index in [0.717, 1.165) is 0 Å². The average molecular weight is 264 g/mol. The Balaban J connectivity index is 2.48. The molecule has 1 rings (SSSR count). The number of hydrogen-bond donors (Lipinski definition) is 4. The van der Waals surface area contributed by atoms with Crippen LogP contribution in [0.3, 0.4) is 0 Å². The minimum absolute atomic E-state index is 0.125. The van der Waals surface area contributed by atoms with Crippen LogP contribution in [0, 0.1) is 5.41 Å². The van der Waals surface area contributed by atoms with E-state index in [9.17, 15) is 9.59 Å². The molecule has 0 aliphatic rings. The molecule has 5 N–H and O–H groups in total. The fourth-order valence-electron chi connectivity index (χ4n) is 1.46. The quantitative estimate of drug-likeness (QED) is 0.614. The van der Waals surface area contributed by atoms with Crippen molar-refractivity contribution in [2.75, 3.05) is 24.6 Å². The van der Waals surface area contributed by atoms with Crippen LogP contribution >= 0.6 is 0 Å². The SMILES string of the molecule is CNC(=O)C(C)(C)CNC(=O)Nc1ccc(N)cc1. The van der Waals surface area contributed by atoms with Crippen LogP contribution in [-0.2, 0) is 4.79 Å². The lowest BCUT2D eigenvalue weighted by Gasteiger charge is -2.22. The number of nitrogen functional groups attached to an aromatic ring is 1. The van der Waals surface area contributed by atoms with Crippen LogP contribution in [0.5, 0.6) is 0 Å². The summed E-state index contributed by atoms with van der Waals surface area (Å²) >= 11 is 0. The summed E-state index contributed by atoms with van der Waals surface area (Å²) in [6.45, 7) is 3.76. The van der Waals surface area contributed by atoms with E-state index in [-0.39, 0.29) is 18.5 Å². The topological polar surface area (TPSA) is 96.2 Å². The van der Waals surface area contributed by atoms with E-state index in [1.165, 1.54) is 0 Å². The van der Waals surface area contributed by atoms with Crippen molar-refractivity contribution >= 4 is 23.3 Å². The van der Waals surface area contributed by atoms with Crippen LogP contribution in [0.2, 0.25) is 0 Å². The number of nitrogens with two attached hydrogens (primary N) is 1. The number of rotatable bonds is 4. The van der Waals surface area contributed by atoms with Gasteiger partial charge in [-0.2, -0.15) is 0 Å². The van der Waals surface area contributed by atoms with Gasteiger partial charge in [0.25, 0.3) is 0 Å². The molecule has 0 unspecified atom stereocenters. The van der Waals surface area contributed by atoms with Crippen LogP contribution in [-0.4, -0.2) is 25.5 Å².